The fraction of sp³-hybridized carbons (Fsp3) is 0.312. The molecule has 1 aliphatic rings. The van der Waals surface area contributed by atoms with E-state index in [1.54, 1.807) is 42.4 Å². The normalized spacial score (nSPS) is 17.1. The number of carbonyl (C=O) groups excluding carboxylic acids is 2. The van der Waals surface area contributed by atoms with Crippen LogP contribution < -0.4 is 5.32 Å². The minimum atomic E-state index is -0.517. The van der Waals surface area contributed by atoms with E-state index < -0.39 is 11.9 Å². The molecule has 0 bridgehead atoms. The van der Waals surface area contributed by atoms with Gasteiger partial charge in [0.05, 0.1) is 5.88 Å². The molecule has 8 heteroatoms. The number of hydrogen-bond acceptors (Lipinski definition) is 4. The molecule has 3 rings (SSSR count). The van der Waals surface area contributed by atoms with Gasteiger partial charge in [-0.3, -0.25) is 9.59 Å². The molecule has 1 unspecified atom stereocenters. The molecule has 1 aromatic heterocycles. The van der Waals surface area contributed by atoms with Gasteiger partial charge in [-0.05, 0) is 24.3 Å². The Hall–Kier alpha value is -2.35. The first-order valence-electron chi connectivity index (χ1n) is 7.57. The predicted octanol–water partition coefficient (Wildman–Crippen LogP) is 2.26. The second-order valence-corrected chi connectivity index (χ2v) is 6.34. The third-order valence-electron chi connectivity index (χ3n) is 3.77. The standard InChI is InChI=1S/C16H17FN4O2S/c1-2-15(22)20-10-24-9-14(20)16(23)19-11-4-5-13(12(17)8-11)21-7-3-6-18-21/h3-8,14H,2,9-10H2,1H3,(H,19,23). The third-order valence-corrected chi connectivity index (χ3v) is 4.79. The molecule has 126 valence electrons. The van der Waals surface area contributed by atoms with E-state index in [9.17, 15) is 14.0 Å². The highest BCUT2D eigenvalue weighted by Crippen LogP contribution is 2.24. The van der Waals surface area contributed by atoms with Gasteiger partial charge in [0.1, 0.15) is 11.7 Å². The molecule has 0 aliphatic carbocycles. The van der Waals surface area contributed by atoms with Crippen molar-refractivity contribution in [2.45, 2.75) is 19.4 Å². The lowest BCUT2D eigenvalue weighted by molar-refractivity contribution is -0.135. The molecule has 1 aromatic carbocycles. The zero-order chi connectivity index (χ0) is 17.1. The van der Waals surface area contributed by atoms with Crippen molar-refractivity contribution in [3.05, 3.63) is 42.5 Å². The first kappa shape index (κ1) is 16.5. The van der Waals surface area contributed by atoms with E-state index in [-0.39, 0.29) is 11.8 Å². The maximum atomic E-state index is 14.2. The molecule has 0 radical (unpaired) electrons. The molecule has 2 heterocycles. The number of benzene rings is 1. The summed E-state index contributed by atoms with van der Waals surface area (Å²) in [4.78, 5) is 25.9. The van der Waals surface area contributed by atoms with Crippen LogP contribution in [0.15, 0.2) is 36.7 Å². The summed E-state index contributed by atoms with van der Waals surface area (Å²) in [6.45, 7) is 1.77. The predicted molar refractivity (Wildman–Crippen MR) is 90.4 cm³/mol. The van der Waals surface area contributed by atoms with Crippen molar-refractivity contribution in [3.63, 3.8) is 0 Å². The molecule has 6 nitrogen and oxygen atoms in total. The van der Waals surface area contributed by atoms with Crippen molar-refractivity contribution in [3.8, 4) is 5.69 Å². The first-order valence-corrected chi connectivity index (χ1v) is 8.73. The minimum absolute atomic E-state index is 0.0552. The Balaban J connectivity index is 1.73. The number of halogens is 1. The van der Waals surface area contributed by atoms with Gasteiger partial charge in [-0.15, -0.1) is 11.8 Å². The average molecular weight is 348 g/mol. The van der Waals surface area contributed by atoms with E-state index in [2.05, 4.69) is 10.4 Å². The van der Waals surface area contributed by atoms with Gasteiger partial charge >= 0.3 is 0 Å². The van der Waals surface area contributed by atoms with Crippen molar-refractivity contribution < 1.29 is 14.0 Å². The number of nitrogens with zero attached hydrogens (tertiary/aromatic N) is 3. The van der Waals surface area contributed by atoms with Crippen molar-refractivity contribution in [2.75, 3.05) is 16.9 Å². The van der Waals surface area contributed by atoms with Crippen LogP contribution >= 0.6 is 11.8 Å². The van der Waals surface area contributed by atoms with Crippen LogP contribution in [-0.4, -0.2) is 44.2 Å². The topological polar surface area (TPSA) is 67.2 Å². The number of carbonyl (C=O) groups is 2. The lowest BCUT2D eigenvalue weighted by Gasteiger charge is -2.22. The number of aromatic nitrogens is 2. The molecule has 0 spiro atoms. The van der Waals surface area contributed by atoms with Gasteiger partial charge < -0.3 is 10.2 Å². The Morgan fingerprint density at radius 3 is 2.96 bits per heavy atom. The summed E-state index contributed by atoms with van der Waals surface area (Å²) >= 11 is 1.54. The molecule has 1 N–H and O–H groups in total. The van der Waals surface area contributed by atoms with E-state index in [0.717, 1.165) is 0 Å². The average Bonchev–Trinajstić information content (AvgIpc) is 3.25. The third kappa shape index (κ3) is 3.28. The summed E-state index contributed by atoms with van der Waals surface area (Å²) in [5.41, 5.74) is 0.659. The number of thioether (sulfide) groups is 1. The van der Waals surface area contributed by atoms with Crippen LogP contribution in [0.2, 0.25) is 0 Å². The van der Waals surface area contributed by atoms with Crippen LogP contribution in [0.3, 0.4) is 0 Å². The summed E-state index contributed by atoms with van der Waals surface area (Å²) in [6, 6.07) is 5.61. The van der Waals surface area contributed by atoms with Crippen LogP contribution in [0, 0.1) is 5.82 Å². The van der Waals surface area contributed by atoms with Crippen molar-refractivity contribution >= 4 is 29.3 Å². The van der Waals surface area contributed by atoms with Gasteiger partial charge in [-0.1, -0.05) is 6.92 Å². The largest absolute Gasteiger partial charge is 0.324 e. The van der Waals surface area contributed by atoms with Crippen LogP contribution in [0.25, 0.3) is 5.69 Å². The molecule has 1 aliphatic heterocycles. The van der Waals surface area contributed by atoms with Gasteiger partial charge in [-0.2, -0.15) is 5.10 Å². The molecule has 1 atom stereocenters. The maximum absolute atomic E-state index is 14.2. The fourth-order valence-corrected chi connectivity index (χ4v) is 3.70. The van der Waals surface area contributed by atoms with Crippen molar-refractivity contribution in [2.24, 2.45) is 0 Å². The highest BCUT2D eigenvalue weighted by Gasteiger charge is 2.33. The molecule has 0 saturated carbocycles. The summed E-state index contributed by atoms with van der Waals surface area (Å²) in [5.74, 6) is 0.218. The van der Waals surface area contributed by atoms with Gasteiger partial charge in [0.15, 0.2) is 5.82 Å². The molecular formula is C16H17FN4O2S. The zero-order valence-corrected chi connectivity index (χ0v) is 13.9. The smallest absolute Gasteiger partial charge is 0.248 e. The second-order valence-electron chi connectivity index (χ2n) is 5.34. The minimum Gasteiger partial charge on any atom is -0.324 e. The number of amides is 2. The van der Waals surface area contributed by atoms with Crippen LogP contribution in [0.5, 0.6) is 0 Å². The molecule has 2 amide bonds. The Bertz CT molecular complexity index is 751. The molecular weight excluding hydrogens is 331 g/mol. The fourth-order valence-electron chi connectivity index (χ4n) is 2.52. The summed E-state index contributed by atoms with van der Waals surface area (Å²) in [6.07, 6.45) is 3.56. The first-order chi connectivity index (χ1) is 11.6. The zero-order valence-electron chi connectivity index (χ0n) is 13.1. The van der Waals surface area contributed by atoms with E-state index in [1.165, 1.54) is 22.5 Å². The van der Waals surface area contributed by atoms with E-state index in [4.69, 9.17) is 0 Å². The highest BCUT2D eigenvalue weighted by molar-refractivity contribution is 7.99. The molecule has 1 fully saturated rings. The highest BCUT2D eigenvalue weighted by atomic mass is 32.2. The quantitative estimate of drug-likeness (QED) is 0.920. The van der Waals surface area contributed by atoms with Gasteiger partial charge in [-0.25, -0.2) is 9.07 Å². The van der Waals surface area contributed by atoms with Gasteiger partial charge in [0.2, 0.25) is 11.8 Å². The Labute approximate surface area is 143 Å². The SMILES string of the molecule is CCC(=O)N1CSCC1C(=O)Nc1ccc(-n2cccn2)c(F)c1. The van der Waals surface area contributed by atoms with Gasteiger partial charge in [0, 0.05) is 30.3 Å². The molecule has 2 aromatic rings. The number of anilines is 1. The monoisotopic (exact) mass is 348 g/mol. The lowest BCUT2D eigenvalue weighted by Crippen LogP contribution is -2.44. The van der Waals surface area contributed by atoms with E-state index in [1.807, 2.05) is 0 Å². The van der Waals surface area contributed by atoms with Crippen LogP contribution in [-0.2, 0) is 9.59 Å². The van der Waals surface area contributed by atoms with Gasteiger partial charge in [0.25, 0.3) is 0 Å². The Morgan fingerprint density at radius 1 is 1.46 bits per heavy atom. The summed E-state index contributed by atoms with van der Waals surface area (Å²) in [7, 11) is 0. The lowest BCUT2D eigenvalue weighted by atomic mass is 10.2. The van der Waals surface area contributed by atoms with Crippen molar-refractivity contribution in [1.29, 1.82) is 0 Å². The second kappa shape index (κ2) is 7.04. The summed E-state index contributed by atoms with van der Waals surface area (Å²) in [5, 5.41) is 6.67. The van der Waals surface area contributed by atoms with Crippen LogP contribution in [0.1, 0.15) is 13.3 Å². The van der Waals surface area contributed by atoms with Crippen molar-refractivity contribution in [1.82, 2.24) is 14.7 Å². The number of nitrogens with one attached hydrogen (secondary N) is 1. The maximum Gasteiger partial charge on any atom is 0.248 e. The molecule has 24 heavy (non-hydrogen) atoms. The Morgan fingerprint density at radius 2 is 2.29 bits per heavy atom. The Kier molecular flexibility index (Phi) is 4.84. The van der Waals surface area contributed by atoms with E-state index >= 15 is 0 Å². The number of rotatable bonds is 4. The van der Waals surface area contributed by atoms with Crippen LogP contribution in [0.4, 0.5) is 10.1 Å². The molecule has 1 saturated heterocycles. The van der Waals surface area contributed by atoms with E-state index in [0.29, 0.717) is 29.4 Å². The number of hydrogen-bond donors (Lipinski definition) is 1. The summed E-state index contributed by atoms with van der Waals surface area (Å²) < 4.78 is 15.6.